The second kappa shape index (κ2) is 9.57. The van der Waals surface area contributed by atoms with Crippen LogP contribution in [-0.4, -0.2) is 35.5 Å². The van der Waals surface area contributed by atoms with E-state index in [1.54, 1.807) is 24.3 Å². The van der Waals surface area contributed by atoms with Gasteiger partial charge in [0.05, 0.1) is 17.8 Å². The van der Waals surface area contributed by atoms with Crippen LogP contribution in [0.25, 0.3) is 10.9 Å². The number of aliphatic hydroxyl groups excluding tert-OH is 1. The van der Waals surface area contributed by atoms with E-state index in [2.05, 4.69) is 15.6 Å². The summed E-state index contributed by atoms with van der Waals surface area (Å²) in [6, 6.07) is 18.4. The number of para-hydroxylation sites is 1. The molecule has 1 heterocycles. The summed E-state index contributed by atoms with van der Waals surface area (Å²) in [7, 11) is 0. The van der Waals surface area contributed by atoms with Gasteiger partial charge >= 0.3 is 6.03 Å². The molecule has 0 spiro atoms. The third-order valence-electron chi connectivity index (χ3n) is 3.90. The molecule has 3 aromatic rings. The standard InChI is InChI=1S/C21H23N3O4/c1-2-22-21(26)23-13-20(25)28-18-8-5-7-17(12-18)27-14-16-11-10-15-6-3-4-9-19(15)24-16/h3-12,20,25H,2,13-14H2,1H3,(H2,22,23,26). The molecule has 2 amide bonds. The minimum absolute atomic E-state index is 0.0298. The van der Waals surface area contributed by atoms with Gasteiger partial charge in [-0.1, -0.05) is 30.3 Å². The monoisotopic (exact) mass is 381 g/mol. The minimum atomic E-state index is -1.17. The van der Waals surface area contributed by atoms with Crippen molar-refractivity contribution in [3.05, 3.63) is 66.4 Å². The minimum Gasteiger partial charge on any atom is -0.487 e. The first-order valence-electron chi connectivity index (χ1n) is 9.08. The summed E-state index contributed by atoms with van der Waals surface area (Å²) in [5.41, 5.74) is 1.74. The molecule has 7 nitrogen and oxygen atoms in total. The number of nitrogens with zero attached hydrogens (tertiary/aromatic N) is 1. The Balaban J connectivity index is 1.54. The second-order valence-electron chi connectivity index (χ2n) is 6.07. The maximum atomic E-state index is 11.3. The third kappa shape index (κ3) is 5.59. The number of hydrogen-bond acceptors (Lipinski definition) is 5. The molecule has 7 heteroatoms. The van der Waals surface area contributed by atoms with Gasteiger partial charge in [-0.3, -0.25) is 0 Å². The Labute approximate surface area is 163 Å². The molecule has 0 bridgehead atoms. The number of ether oxygens (including phenoxy) is 2. The zero-order valence-electron chi connectivity index (χ0n) is 15.6. The lowest BCUT2D eigenvalue weighted by Crippen LogP contribution is -2.41. The number of aromatic nitrogens is 1. The summed E-state index contributed by atoms with van der Waals surface area (Å²) in [6.45, 7) is 2.60. The van der Waals surface area contributed by atoms with Crippen LogP contribution in [0.2, 0.25) is 0 Å². The van der Waals surface area contributed by atoms with Gasteiger partial charge in [0, 0.05) is 18.0 Å². The first kappa shape index (κ1) is 19.4. The Hall–Kier alpha value is -3.32. The first-order chi connectivity index (χ1) is 13.6. The Kier molecular flexibility index (Phi) is 6.64. The van der Waals surface area contributed by atoms with Gasteiger partial charge in [-0.05, 0) is 31.2 Å². The number of amides is 2. The van der Waals surface area contributed by atoms with E-state index < -0.39 is 6.29 Å². The predicted octanol–water partition coefficient (Wildman–Crippen LogP) is 2.83. The van der Waals surface area contributed by atoms with E-state index in [0.29, 0.717) is 24.7 Å². The van der Waals surface area contributed by atoms with Crippen molar-refractivity contribution in [1.82, 2.24) is 15.6 Å². The van der Waals surface area contributed by atoms with E-state index in [1.165, 1.54) is 0 Å². The number of rotatable bonds is 8. The van der Waals surface area contributed by atoms with Crippen molar-refractivity contribution >= 4 is 16.9 Å². The molecule has 28 heavy (non-hydrogen) atoms. The van der Waals surface area contributed by atoms with Crippen LogP contribution in [0.5, 0.6) is 11.5 Å². The smallest absolute Gasteiger partial charge is 0.315 e. The zero-order valence-corrected chi connectivity index (χ0v) is 15.6. The molecule has 0 saturated heterocycles. The maximum absolute atomic E-state index is 11.3. The van der Waals surface area contributed by atoms with Crippen molar-refractivity contribution in [2.75, 3.05) is 13.1 Å². The highest BCUT2D eigenvalue weighted by atomic mass is 16.6. The quantitative estimate of drug-likeness (QED) is 0.522. The van der Waals surface area contributed by atoms with E-state index in [9.17, 15) is 9.90 Å². The number of carbonyl (C=O) groups excluding carboxylic acids is 1. The van der Waals surface area contributed by atoms with Crippen LogP contribution >= 0.6 is 0 Å². The largest absolute Gasteiger partial charge is 0.487 e. The zero-order chi connectivity index (χ0) is 19.8. The molecule has 146 valence electrons. The molecule has 0 aliphatic carbocycles. The molecule has 3 rings (SSSR count). The van der Waals surface area contributed by atoms with E-state index in [4.69, 9.17) is 9.47 Å². The van der Waals surface area contributed by atoms with Crippen molar-refractivity contribution in [1.29, 1.82) is 0 Å². The van der Waals surface area contributed by atoms with Gasteiger partial charge in [0.2, 0.25) is 6.29 Å². The van der Waals surface area contributed by atoms with E-state index >= 15 is 0 Å². The highest BCUT2D eigenvalue weighted by molar-refractivity contribution is 5.78. The lowest BCUT2D eigenvalue weighted by molar-refractivity contribution is -0.0133. The van der Waals surface area contributed by atoms with Crippen LogP contribution in [0.1, 0.15) is 12.6 Å². The van der Waals surface area contributed by atoms with Crippen LogP contribution in [0.15, 0.2) is 60.7 Å². The molecule has 0 saturated carbocycles. The average Bonchev–Trinajstić information content (AvgIpc) is 2.71. The molecule has 3 N–H and O–H groups in total. The van der Waals surface area contributed by atoms with Gasteiger partial charge in [0.15, 0.2) is 0 Å². The summed E-state index contributed by atoms with van der Waals surface area (Å²) < 4.78 is 11.2. The van der Waals surface area contributed by atoms with Crippen molar-refractivity contribution in [2.24, 2.45) is 0 Å². The van der Waals surface area contributed by atoms with Gasteiger partial charge in [0.25, 0.3) is 0 Å². The highest BCUT2D eigenvalue weighted by Gasteiger charge is 2.09. The summed E-state index contributed by atoms with van der Waals surface area (Å²) in [5.74, 6) is 1.03. The van der Waals surface area contributed by atoms with Crippen LogP contribution in [0.4, 0.5) is 4.79 Å². The molecule has 0 aliphatic heterocycles. The SMILES string of the molecule is CCNC(=O)NCC(O)Oc1cccc(OCc2ccc3ccccc3n2)c1. The van der Waals surface area contributed by atoms with Crippen LogP contribution in [0.3, 0.4) is 0 Å². The summed E-state index contributed by atoms with van der Waals surface area (Å²) in [4.78, 5) is 15.9. The predicted molar refractivity (Wildman–Crippen MR) is 106 cm³/mol. The Bertz CT molecular complexity index is 932. The Morgan fingerprint density at radius 2 is 1.89 bits per heavy atom. The summed E-state index contributed by atoms with van der Waals surface area (Å²) in [6.07, 6.45) is -1.17. The number of urea groups is 1. The number of aliphatic hydroxyl groups is 1. The molecule has 0 radical (unpaired) electrons. The summed E-state index contributed by atoms with van der Waals surface area (Å²) in [5, 5.41) is 16.1. The molecule has 0 fully saturated rings. The normalized spacial score (nSPS) is 11.6. The van der Waals surface area contributed by atoms with Crippen LogP contribution < -0.4 is 20.1 Å². The van der Waals surface area contributed by atoms with Gasteiger partial charge < -0.3 is 25.2 Å². The molecule has 2 aromatic carbocycles. The molecular weight excluding hydrogens is 358 g/mol. The lowest BCUT2D eigenvalue weighted by atomic mass is 10.2. The van der Waals surface area contributed by atoms with Crippen molar-refractivity contribution in [3.8, 4) is 11.5 Å². The highest BCUT2D eigenvalue weighted by Crippen LogP contribution is 2.21. The van der Waals surface area contributed by atoms with Crippen molar-refractivity contribution in [3.63, 3.8) is 0 Å². The van der Waals surface area contributed by atoms with Gasteiger partial charge in [-0.2, -0.15) is 0 Å². The molecule has 1 aromatic heterocycles. The number of pyridine rings is 1. The lowest BCUT2D eigenvalue weighted by Gasteiger charge is -2.15. The number of hydrogen-bond donors (Lipinski definition) is 3. The van der Waals surface area contributed by atoms with Crippen LogP contribution in [-0.2, 0) is 6.61 Å². The van der Waals surface area contributed by atoms with E-state index in [-0.39, 0.29) is 12.6 Å². The van der Waals surface area contributed by atoms with Crippen LogP contribution in [0, 0.1) is 0 Å². The second-order valence-corrected chi connectivity index (χ2v) is 6.07. The maximum Gasteiger partial charge on any atom is 0.315 e. The fourth-order valence-corrected chi connectivity index (χ4v) is 2.59. The Morgan fingerprint density at radius 1 is 1.07 bits per heavy atom. The number of carbonyl (C=O) groups is 1. The fraction of sp³-hybridized carbons (Fsp3) is 0.238. The van der Waals surface area contributed by atoms with E-state index in [0.717, 1.165) is 16.6 Å². The first-order valence-corrected chi connectivity index (χ1v) is 9.08. The average molecular weight is 381 g/mol. The number of benzene rings is 2. The topological polar surface area (TPSA) is 92.7 Å². The van der Waals surface area contributed by atoms with Gasteiger partial charge in [-0.25, -0.2) is 9.78 Å². The number of nitrogens with one attached hydrogen (secondary N) is 2. The van der Waals surface area contributed by atoms with Gasteiger partial charge in [0.1, 0.15) is 18.1 Å². The molecule has 1 unspecified atom stereocenters. The fourth-order valence-electron chi connectivity index (χ4n) is 2.59. The van der Waals surface area contributed by atoms with Gasteiger partial charge in [-0.15, -0.1) is 0 Å². The Morgan fingerprint density at radius 3 is 2.75 bits per heavy atom. The molecular formula is C21H23N3O4. The molecule has 1 atom stereocenters. The third-order valence-corrected chi connectivity index (χ3v) is 3.90. The summed E-state index contributed by atoms with van der Waals surface area (Å²) >= 11 is 0. The molecule has 0 aliphatic rings. The van der Waals surface area contributed by atoms with Crippen molar-refractivity contribution < 1.29 is 19.4 Å². The van der Waals surface area contributed by atoms with E-state index in [1.807, 2.05) is 43.3 Å². The van der Waals surface area contributed by atoms with Crippen molar-refractivity contribution in [2.45, 2.75) is 19.8 Å². The number of fused-ring (bicyclic) bond motifs is 1.